The maximum Gasteiger partial charge on any atom is 0.127 e. The van der Waals surface area contributed by atoms with Crippen molar-refractivity contribution in [3.05, 3.63) is 68.9 Å². The maximum atomic E-state index is 14.0. The minimum Gasteiger partial charge on any atom is -0.310 e. The Labute approximate surface area is 132 Å². The average Bonchev–Trinajstić information content (AvgIpc) is 2.41. The molecule has 0 aliphatic heterocycles. The number of hydrogen-bond acceptors (Lipinski definition) is 1. The predicted molar refractivity (Wildman–Crippen MR) is 85.7 cm³/mol. The lowest BCUT2D eigenvalue weighted by molar-refractivity contribution is 0.528. The highest BCUT2D eigenvalue weighted by molar-refractivity contribution is 9.10. The van der Waals surface area contributed by atoms with Gasteiger partial charge < -0.3 is 5.32 Å². The molecule has 0 bridgehead atoms. The van der Waals surface area contributed by atoms with Crippen LogP contribution in [0.3, 0.4) is 0 Å². The zero-order valence-corrected chi connectivity index (χ0v) is 13.5. The van der Waals surface area contributed by atoms with Crippen molar-refractivity contribution in [3.63, 3.8) is 0 Å². The van der Waals surface area contributed by atoms with Crippen molar-refractivity contribution in [3.8, 4) is 0 Å². The minimum absolute atomic E-state index is 0.0503. The van der Waals surface area contributed by atoms with Gasteiger partial charge in [0.25, 0.3) is 0 Å². The SMILES string of the molecule is CCNC(Cc1ccc(Br)cc1F)c1cccc(Cl)c1. The highest BCUT2D eigenvalue weighted by Gasteiger charge is 2.14. The largest absolute Gasteiger partial charge is 0.310 e. The summed E-state index contributed by atoms with van der Waals surface area (Å²) >= 11 is 9.31. The average molecular weight is 357 g/mol. The van der Waals surface area contributed by atoms with Crippen molar-refractivity contribution in [2.45, 2.75) is 19.4 Å². The van der Waals surface area contributed by atoms with Gasteiger partial charge in [-0.3, -0.25) is 0 Å². The third-order valence-electron chi connectivity index (χ3n) is 3.14. The zero-order chi connectivity index (χ0) is 14.5. The fourth-order valence-electron chi connectivity index (χ4n) is 2.18. The van der Waals surface area contributed by atoms with Crippen molar-refractivity contribution in [1.29, 1.82) is 0 Å². The maximum absolute atomic E-state index is 14.0. The fraction of sp³-hybridized carbons (Fsp3) is 0.250. The Morgan fingerprint density at radius 2 is 2.05 bits per heavy atom. The van der Waals surface area contributed by atoms with Crippen LogP contribution in [-0.4, -0.2) is 6.54 Å². The van der Waals surface area contributed by atoms with Crippen LogP contribution in [0.5, 0.6) is 0 Å². The summed E-state index contributed by atoms with van der Waals surface area (Å²) in [7, 11) is 0. The predicted octanol–water partition coefficient (Wildman–Crippen LogP) is 5.13. The van der Waals surface area contributed by atoms with E-state index in [9.17, 15) is 4.39 Å². The summed E-state index contributed by atoms with van der Waals surface area (Å²) in [6, 6.07) is 12.9. The Morgan fingerprint density at radius 3 is 2.70 bits per heavy atom. The molecule has 0 aliphatic carbocycles. The monoisotopic (exact) mass is 355 g/mol. The van der Waals surface area contributed by atoms with Crippen molar-refractivity contribution >= 4 is 27.5 Å². The third-order valence-corrected chi connectivity index (χ3v) is 3.87. The molecule has 0 aliphatic rings. The Morgan fingerprint density at radius 1 is 1.25 bits per heavy atom. The van der Waals surface area contributed by atoms with Crippen LogP contribution in [0.15, 0.2) is 46.9 Å². The molecule has 106 valence electrons. The van der Waals surface area contributed by atoms with E-state index in [1.54, 1.807) is 0 Å². The molecule has 0 spiro atoms. The molecular formula is C16H16BrClFN. The smallest absolute Gasteiger partial charge is 0.127 e. The molecule has 2 rings (SSSR count). The first kappa shape index (κ1) is 15.5. The first-order valence-corrected chi connectivity index (χ1v) is 7.70. The second-order valence-corrected chi connectivity index (χ2v) is 5.96. The second-order valence-electron chi connectivity index (χ2n) is 4.61. The summed E-state index contributed by atoms with van der Waals surface area (Å²) in [5.74, 6) is -0.190. The normalized spacial score (nSPS) is 12.4. The molecule has 20 heavy (non-hydrogen) atoms. The molecule has 0 saturated heterocycles. The van der Waals surface area contributed by atoms with E-state index in [0.29, 0.717) is 17.0 Å². The molecule has 0 fully saturated rings. The van der Waals surface area contributed by atoms with E-state index >= 15 is 0 Å². The van der Waals surface area contributed by atoms with Crippen molar-refractivity contribution in [2.24, 2.45) is 0 Å². The van der Waals surface area contributed by atoms with Gasteiger partial charge in [-0.25, -0.2) is 4.39 Å². The van der Waals surface area contributed by atoms with Gasteiger partial charge in [0.05, 0.1) is 0 Å². The topological polar surface area (TPSA) is 12.0 Å². The Kier molecular flexibility index (Phi) is 5.58. The van der Waals surface area contributed by atoms with Gasteiger partial charge in [0.15, 0.2) is 0 Å². The number of nitrogens with one attached hydrogen (secondary N) is 1. The number of rotatable bonds is 5. The first-order chi connectivity index (χ1) is 9.60. The van der Waals surface area contributed by atoms with Crippen LogP contribution in [0.1, 0.15) is 24.1 Å². The van der Waals surface area contributed by atoms with Gasteiger partial charge in [-0.1, -0.05) is 52.7 Å². The van der Waals surface area contributed by atoms with E-state index < -0.39 is 0 Å². The third kappa shape index (κ3) is 4.05. The first-order valence-electron chi connectivity index (χ1n) is 6.53. The van der Waals surface area contributed by atoms with Gasteiger partial charge in [-0.2, -0.15) is 0 Å². The van der Waals surface area contributed by atoms with Gasteiger partial charge >= 0.3 is 0 Å². The standard InChI is InChI=1S/C16H16BrClFN/c1-2-20-16(12-4-3-5-14(18)8-12)9-11-6-7-13(17)10-15(11)19/h3-8,10,16,20H,2,9H2,1H3. The molecule has 0 radical (unpaired) electrons. The van der Waals surface area contributed by atoms with Crippen LogP contribution in [0.25, 0.3) is 0 Å². The fourth-order valence-corrected chi connectivity index (χ4v) is 2.72. The van der Waals surface area contributed by atoms with Crippen molar-refractivity contribution in [2.75, 3.05) is 6.54 Å². The van der Waals surface area contributed by atoms with E-state index in [1.165, 1.54) is 6.07 Å². The van der Waals surface area contributed by atoms with Crippen LogP contribution < -0.4 is 5.32 Å². The summed E-state index contributed by atoms with van der Waals surface area (Å²) in [4.78, 5) is 0. The lowest BCUT2D eigenvalue weighted by atomic mass is 9.98. The number of benzene rings is 2. The molecule has 0 amide bonds. The molecule has 2 aromatic rings. The molecule has 1 atom stereocenters. The Hall–Kier alpha value is -0.900. The van der Waals surface area contributed by atoms with Gasteiger partial charge in [-0.05, 0) is 48.4 Å². The minimum atomic E-state index is -0.190. The van der Waals surface area contributed by atoms with Gasteiger partial charge in [0.2, 0.25) is 0 Å². The number of hydrogen-bond donors (Lipinski definition) is 1. The Bertz CT molecular complexity index is 588. The van der Waals surface area contributed by atoms with E-state index in [0.717, 1.165) is 16.6 Å². The summed E-state index contributed by atoms with van der Waals surface area (Å²) in [5.41, 5.74) is 1.76. The highest BCUT2D eigenvalue weighted by atomic mass is 79.9. The summed E-state index contributed by atoms with van der Waals surface area (Å²) in [6.07, 6.45) is 0.591. The number of likely N-dealkylation sites (N-methyl/N-ethyl adjacent to an activating group) is 1. The van der Waals surface area contributed by atoms with Gasteiger partial charge in [0.1, 0.15) is 5.82 Å². The molecule has 4 heteroatoms. The van der Waals surface area contributed by atoms with Crippen LogP contribution >= 0.6 is 27.5 Å². The quantitative estimate of drug-likeness (QED) is 0.782. The second kappa shape index (κ2) is 7.21. The van der Waals surface area contributed by atoms with Crippen molar-refractivity contribution in [1.82, 2.24) is 5.32 Å². The molecule has 1 nitrogen and oxygen atoms in total. The van der Waals surface area contributed by atoms with Gasteiger partial charge in [-0.15, -0.1) is 0 Å². The molecule has 0 saturated carbocycles. The molecule has 1 unspecified atom stereocenters. The van der Waals surface area contributed by atoms with E-state index in [2.05, 4.69) is 21.2 Å². The summed E-state index contributed by atoms with van der Waals surface area (Å²) < 4.78 is 14.7. The summed E-state index contributed by atoms with van der Waals surface area (Å²) in [5, 5.41) is 4.08. The van der Waals surface area contributed by atoms with E-state index in [4.69, 9.17) is 11.6 Å². The van der Waals surface area contributed by atoms with Crippen molar-refractivity contribution < 1.29 is 4.39 Å². The van der Waals surface area contributed by atoms with Crippen LogP contribution in [-0.2, 0) is 6.42 Å². The molecule has 0 aromatic heterocycles. The van der Waals surface area contributed by atoms with Crippen LogP contribution in [0.4, 0.5) is 4.39 Å². The van der Waals surface area contributed by atoms with E-state index in [-0.39, 0.29) is 11.9 Å². The molecule has 0 heterocycles. The van der Waals surface area contributed by atoms with Crippen LogP contribution in [0.2, 0.25) is 5.02 Å². The van der Waals surface area contributed by atoms with E-state index in [1.807, 2.05) is 43.3 Å². The summed E-state index contributed by atoms with van der Waals surface area (Å²) in [6.45, 7) is 2.85. The Balaban J connectivity index is 2.25. The molecular weight excluding hydrogens is 341 g/mol. The highest BCUT2D eigenvalue weighted by Crippen LogP contribution is 2.24. The zero-order valence-electron chi connectivity index (χ0n) is 11.2. The van der Waals surface area contributed by atoms with Crippen LogP contribution in [0, 0.1) is 5.82 Å². The van der Waals surface area contributed by atoms with Gasteiger partial charge in [0, 0.05) is 15.5 Å². The lowest BCUT2D eigenvalue weighted by Crippen LogP contribution is -2.23. The lowest BCUT2D eigenvalue weighted by Gasteiger charge is -2.19. The number of halogens is 3. The molecule has 2 aromatic carbocycles. The molecule has 1 N–H and O–H groups in total.